The van der Waals surface area contributed by atoms with Crippen molar-refractivity contribution < 1.29 is 71.6 Å². The number of aryl methyl sites for hydroxylation is 1. The minimum Gasteiger partial charge on any atom is -0.444 e. The number of nitrogens with one attached hydrogen (secondary N) is 6. The second-order valence-electron chi connectivity index (χ2n) is 25.7. The minimum absolute atomic E-state index is 0.104. The maximum Gasteiger partial charge on any atom is 0.408 e. The average Bonchev–Trinajstić information content (AvgIpc) is 2.92. The van der Waals surface area contributed by atoms with Crippen LogP contribution in [0.25, 0.3) is 10.9 Å². The van der Waals surface area contributed by atoms with Gasteiger partial charge in [0.05, 0.1) is 11.6 Å². The lowest BCUT2D eigenvalue weighted by Gasteiger charge is -2.31. The van der Waals surface area contributed by atoms with Crippen molar-refractivity contribution in [3.8, 4) is 0 Å². The Morgan fingerprint density at radius 1 is 0.448 bits per heavy atom. The highest BCUT2D eigenvalue weighted by Gasteiger charge is 2.32. The predicted molar refractivity (Wildman–Crippen MR) is 326 cm³/mol. The van der Waals surface area contributed by atoms with Crippen molar-refractivity contribution in [2.24, 2.45) is 0 Å². The Kier molecular flexibility index (Phi) is 28.2. The molecule has 0 saturated heterocycles. The molecule has 0 radical (unpaired) electrons. The van der Waals surface area contributed by atoms with E-state index in [1.54, 1.807) is 110 Å². The summed E-state index contributed by atoms with van der Waals surface area (Å²) in [6.07, 6.45) is -3.13. The second-order valence-corrected chi connectivity index (χ2v) is 25.7. The molecule has 0 spiro atoms. The van der Waals surface area contributed by atoms with E-state index in [4.69, 9.17) is 23.7 Å². The smallest absolute Gasteiger partial charge is 0.408 e. The zero-order chi connectivity index (χ0) is 65.3. The second kappa shape index (κ2) is 33.6. The quantitative estimate of drug-likeness (QED) is 0.0411. The van der Waals surface area contributed by atoms with Crippen LogP contribution >= 0.6 is 0 Å². The molecule has 6 N–H and O–H groups in total. The van der Waals surface area contributed by atoms with Gasteiger partial charge in [-0.25, -0.2) is 24.0 Å². The molecule has 3 rings (SSSR count). The number of carbonyl (C=O) groups is 10. The van der Waals surface area contributed by atoms with Gasteiger partial charge in [-0.05, 0) is 146 Å². The van der Waals surface area contributed by atoms with Gasteiger partial charge in [0, 0.05) is 76.8 Å². The van der Waals surface area contributed by atoms with Crippen LogP contribution in [0, 0.1) is 0 Å². The first kappa shape index (κ1) is 73.0. The summed E-state index contributed by atoms with van der Waals surface area (Å²) < 4.78 is 27.0. The van der Waals surface area contributed by atoms with Gasteiger partial charge in [0.1, 0.15) is 47.1 Å². The molecule has 25 nitrogen and oxygen atoms in total. The third-order valence-electron chi connectivity index (χ3n) is 11.9. The number of ether oxygens (including phenoxy) is 5. The van der Waals surface area contributed by atoms with Crippen molar-refractivity contribution in [3.63, 3.8) is 0 Å². The summed E-state index contributed by atoms with van der Waals surface area (Å²) in [5.74, 6) is -3.54. The topological polar surface area (TPSA) is 312 Å². The molecule has 2 atom stereocenters. The number of rotatable bonds is 28. The molecule has 0 aliphatic carbocycles. The van der Waals surface area contributed by atoms with E-state index in [-0.39, 0.29) is 71.0 Å². The number of carbonyl (C=O) groups excluding carboxylic acids is 10. The molecule has 0 bridgehead atoms. The highest BCUT2D eigenvalue weighted by atomic mass is 16.6. The molecular weight excluding hydrogens is 1120 g/mol. The molecule has 0 saturated carbocycles. The molecule has 0 unspecified atom stereocenters. The number of hydrogen-bond donors (Lipinski definition) is 6. The Balaban J connectivity index is 2.08. The lowest BCUT2D eigenvalue weighted by molar-refractivity contribution is -0.145. The Morgan fingerprint density at radius 2 is 0.851 bits per heavy atom. The van der Waals surface area contributed by atoms with Gasteiger partial charge < -0.3 is 70.3 Å². The van der Waals surface area contributed by atoms with Gasteiger partial charge in [0.25, 0.3) is 0 Å². The molecule has 87 heavy (non-hydrogen) atoms. The van der Waals surface area contributed by atoms with Gasteiger partial charge in [-0.3, -0.25) is 29.0 Å². The Labute approximate surface area is 511 Å². The van der Waals surface area contributed by atoms with E-state index in [9.17, 15) is 47.9 Å². The van der Waals surface area contributed by atoms with Crippen molar-refractivity contribution >= 4 is 70.8 Å². The average molecular weight is 1220 g/mol. The molecular formula is C62H94N10O15. The van der Waals surface area contributed by atoms with Crippen molar-refractivity contribution in [3.05, 3.63) is 78.0 Å². The van der Waals surface area contributed by atoms with Crippen LogP contribution in [0.4, 0.5) is 24.0 Å². The zero-order valence-electron chi connectivity index (χ0n) is 53.5. The summed E-state index contributed by atoms with van der Waals surface area (Å²) >= 11 is 0. The van der Waals surface area contributed by atoms with Crippen LogP contribution in [-0.2, 0) is 60.5 Å². The van der Waals surface area contributed by atoms with E-state index < -0.39 is 120 Å². The van der Waals surface area contributed by atoms with Crippen LogP contribution in [0.1, 0.15) is 134 Å². The van der Waals surface area contributed by atoms with E-state index in [1.165, 1.54) is 9.80 Å². The highest BCUT2D eigenvalue weighted by molar-refractivity contribution is 5.94. The molecule has 0 aliphatic rings. The summed E-state index contributed by atoms with van der Waals surface area (Å²) in [6.45, 7) is 22.1. The largest absolute Gasteiger partial charge is 0.444 e. The number of hydrogen-bond acceptors (Lipinski definition) is 16. The van der Waals surface area contributed by atoms with Crippen molar-refractivity contribution in [1.29, 1.82) is 0 Å². The van der Waals surface area contributed by atoms with Crippen LogP contribution in [-0.4, -0.2) is 185 Å². The van der Waals surface area contributed by atoms with Crippen LogP contribution < -0.4 is 31.9 Å². The fourth-order valence-corrected chi connectivity index (χ4v) is 8.13. The molecule has 2 aromatic carbocycles. The number of nitrogens with zero attached hydrogens (tertiary/aromatic N) is 4. The maximum atomic E-state index is 14.9. The first-order valence-electron chi connectivity index (χ1n) is 29.2. The summed E-state index contributed by atoms with van der Waals surface area (Å²) in [5, 5.41) is 16.6. The number of alkyl carbamates (subject to hydrolysis) is 5. The van der Waals surface area contributed by atoms with E-state index in [0.717, 1.165) is 21.4 Å². The van der Waals surface area contributed by atoms with E-state index >= 15 is 0 Å². The standard InChI is InChI=1S/C62H94N10O15/c1-58(2,3)83-53(78)63-29-33-70(34-30-64-54(79)84-59(4,5)6)50(75)40-72(41-51(76)71(35-31-65-55(80)85-60(7,8)9)36-32-66-56(81)86-61(10,11)12)49(74)28-27-47(69-57(82)87-62(13,14)15)52(77)68-46(26-25-42-21-17-16-18-22-42)48(73)38-43-37-44-23-19-20-24-45(44)67-39-43/h16-24,37,39,46-47H,25-36,38,40-41H2,1-15H3,(H,63,78)(H,64,79)(H,65,80)(H,66,81)(H,68,77)(H,69,82)/t46-,47-/m0/s1. The lowest BCUT2D eigenvalue weighted by Crippen LogP contribution is -2.53. The van der Waals surface area contributed by atoms with Crippen LogP contribution in [0.15, 0.2) is 66.9 Å². The Hall–Kier alpha value is -8.25. The summed E-state index contributed by atoms with van der Waals surface area (Å²) in [7, 11) is 0. The first-order chi connectivity index (χ1) is 40.3. The highest BCUT2D eigenvalue weighted by Crippen LogP contribution is 2.17. The van der Waals surface area contributed by atoms with E-state index in [1.807, 2.05) is 60.7 Å². The Morgan fingerprint density at radius 3 is 1.28 bits per heavy atom. The third-order valence-corrected chi connectivity index (χ3v) is 11.9. The summed E-state index contributed by atoms with van der Waals surface area (Å²) in [4.78, 5) is 145. The molecule has 0 fully saturated rings. The molecule has 1 heterocycles. The molecule has 9 amide bonds. The fourth-order valence-electron chi connectivity index (χ4n) is 8.13. The number of para-hydroxylation sites is 1. The van der Waals surface area contributed by atoms with Crippen molar-refractivity contribution in [2.75, 3.05) is 65.4 Å². The predicted octanol–water partition coefficient (Wildman–Crippen LogP) is 6.72. The third kappa shape index (κ3) is 31.6. The minimum atomic E-state index is -1.53. The van der Waals surface area contributed by atoms with Gasteiger partial charge in [0.2, 0.25) is 23.6 Å². The monoisotopic (exact) mass is 1220 g/mol. The summed E-state index contributed by atoms with van der Waals surface area (Å²) in [5.41, 5.74) is -2.21. The maximum absolute atomic E-state index is 14.9. The normalized spacial score (nSPS) is 12.4. The van der Waals surface area contributed by atoms with Crippen LogP contribution in [0.5, 0.6) is 0 Å². The number of amides is 9. The van der Waals surface area contributed by atoms with Gasteiger partial charge in [-0.15, -0.1) is 0 Å². The number of Topliss-reactive ketones (excluding diaryl/α,β-unsaturated/α-hetero) is 1. The number of ketones is 1. The molecule has 1 aromatic heterocycles. The number of aromatic nitrogens is 1. The van der Waals surface area contributed by atoms with Gasteiger partial charge >= 0.3 is 30.5 Å². The van der Waals surface area contributed by atoms with Crippen molar-refractivity contribution in [1.82, 2.24) is 51.6 Å². The van der Waals surface area contributed by atoms with Crippen LogP contribution in [0.3, 0.4) is 0 Å². The zero-order valence-corrected chi connectivity index (χ0v) is 53.5. The fraction of sp³-hybridized carbons (Fsp3) is 0.597. The number of benzene rings is 2. The van der Waals surface area contributed by atoms with Gasteiger partial charge in [0.15, 0.2) is 5.78 Å². The first-order valence-corrected chi connectivity index (χ1v) is 29.2. The number of pyridine rings is 1. The molecule has 0 aliphatic heterocycles. The van der Waals surface area contributed by atoms with Crippen LogP contribution in [0.2, 0.25) is 0 Å². The van der Waals surface area contributed by atoms with E-state index in [2.05, 4.69) is 36.9 Å². The Bertz CT molecular complexity index is 2640. The SMILES string of the molecule is CC(C)(C)OC(=O)NCCN(CCNC(=O)OC(C)(C)C)C(=O)CN(CC(=O)N(CCNC(=O)OC(C)(C)C)CCNC(=O)OC(C)(C)C)C(=O)CC[C@H](NC(=O)OC(C)(C)C)C(=O)N[C@@H](CCc1ccccc1)C(=O)Cc1cnc2ccccc2c1. The molecule has 3 aromatic rings. The van der Waals surface area contributed by atoms with Crippen molar-refractivity contribution in [2.45, 2.75) is 176 Å². The molecule has 482 valence electrons. The summed E-state index contributed by atoms with van der Waals surface area (Å²) in [6, 6.07) is 16.0. The lowest BCUT2D eigenvalue weighted by atomic mass is 9.97. The van der Waals surface area contributed by atoms with Gasteiger partial charge in [-0.2, -0.15) is 0 Å². The number of fused-ring (bicyclic) bond motifs is 1. The van der Waals surface area contributed by atoms with Gasteiger partial charge in [-0.1, -0.05) is 48.5 Å². The molecule has 25 heteroatoms. The van der Waals surface area contributed by atoms with E-state index in [0.29, 0.717) is 12.0 Å².